The molecule has 3 aromatic carbocycles. The van der Waals surface area contributed by atoms with Crippen molar-refractivity contribution in [3.05, 3.63) is 112 Å². The van der Waals surface area contributed by atoms with Crippen molar-refractivity contribution >= 4 is 5.69 Å². The first-order valence-electron chi connectivity index (χ1n) is 10.2. The van der Waals surface area contributed by atoms with Gasteiger partial charge in [0.2, 0.25) is 0 Å². The van der Waals surface area contributed by atoms with Crippen LogP contribution in [0.1, 0.15) is 30.8 Å². The summed E-state index contributed by atoms with van der Waals surface area (Å²) in [6.45, 7) is 4.99. The van der Waals surface area contributed by atoms with Crippen LogP contribution in [0.2, 0.25) is 0 Å². The van der Waals surface area contributed by atoms with E-state index < -0.39 is 4.92 Å². The number of hydrogen-bond donors (Lipinski definition) is 0. The fourth-order valence-electron chi connectivity index (χ4n) is 3.79. The van der Waals surface area contributed by atoms with Crippen LogP contribution in [0.3, 0.4) is 0 Å². The molecule has 0 fully saturated rings. The Kier molecular flexibility index (Phi) is 5.62. The number of benzene rings is 3. The van der Waals surface area contributed by atoms with E-state index in [1.165, 1.54) is 17.7 Å². The number of nitrogens with zero attached hydrogens (tertiary/aromatic N) is 4. The molecule has 0 spiro atoms. The van der Waals surface area contributed by atoms with Gasteiger partial charge in [-0.1, -0.05) is 60.7 Å². The minimum atomic E-state index is -0.395. The van der Waals surface area contributed by atoms with Gasteiger partial charge in [0.15, 0.2) is 5.82 Å². The smallest absolute Gasteiger partial charge is 0.269 e. The molecular weight excluding hydrogens is 388 g/mol. The summed E-state index contributed by atoms with van der Waals surface area (Å²) < 4.78 is 2.14. The first kappa shape index (κ1) is 20.5. The van der Waals surface area contributed by atoms with E-state index in [1.54, 1.807) is 12.1 Å². The van der Waals surface area contributed by atoms with E-state index in [0.29, 0.717) is 12.4 Å². The highest BCUT2D eigenvalue weighted by atomic mass is 16.6. The molecule has 6 nitrogen and oxygen atoms in total. The Hall–Kier alpha value is -3.80. The number of aromatic nitrogens is 3. The quantitative estimate of drug-likeness (QED) is 0.300. The van der Waals surface area contributed by atoms with E-state index in [4.69, 9.17) is 0 Å². The summed E-state index contributed by atoms with van der Waals surface area (Å²) in [6.07, 6.45) is 0.830. The SMILES string of the molecule is CC(C)(c1ccccc1)c1nnc(-c2ccc([N+](=O)[O-])cc2)n1CCc1ccccc1. The molecule has 4 aromatic rings. The largest absolute Gasteiger partial charge is 0.310 e. The van der Waals surface area contributed by atoms with Crippen LogP contribution in [0, 0.1) is 10.1 Å². The molecule has 0 unspecified atom stereocenters. The van der Waals surface area contributed by atoms with Gasteiger partial charge >= 0.3 is 0 Å². The van der Waals surface area contributed by atoms with Gasteiger partial charge in [-0.05, 0) is 43.5 Å². The fourth-order valence-corrected chi connectivity index (χ4v) is 3.79. The van der Waals surface area contributed by atoms with Crippen molar-refractivity contribution in [2.45, 2.75) is 32.2 Å². The lowest BCUT2D eigenvalue weighted by atomic mass is 9.83. The highest BCUT2D eigenvalue weighted by Gasteiger charge is 2.30. The summed E-state index contributed by atoms with van der Waals surface area (Å²) >= 11 is 0. The van der Waals surface area contributed by atoms with Crippen molar-refractivity contribution in [3.63, 3.8) is 0 Å². The number of aryl methyl sites for hydroxylation is 1. The van der Waals surface area contributed by atoms with Crippen molar-refractivity contribution in [2.24, 2.45) is 0 Å². The Bertz CT molecular complexity index is 1170. The first-order valence-corrected chi connectivity index (χ1v) is 10.2. The molecule has 1 heterocycles. The Morgan fingerprint density at radius 1 is 0.871 bits per heavy atom. The molecule has 0 N–H and O–H groups in total. The van der Waals surface area contributed by atoms with Crippen molar-refractivity contribution in [2.75, 3.05) is 0 Å². The van der Waals surface area contributed by atoms with Gasteiger partial charge in [0, 0.05) is 29.7 Å². The summed E-state index contributed by atoms with van der Waals surface area (Å²) in [5, 5.41) is 20.1. The third-order valence-electron chi connectivity index (χ3n) is 5.61. The monoisotopic (exact) mass is 412 g/mol. The van der Waals surface area contributed by atoms with E-state index in [9.17, 15) is 10.1 Å². The molecule has 0 aliphatic carbocycles. The van der Waals surface area contributed by atoms with Crippen LogP contribution >= 0.6 is 0 Å². The second kappa shape index (κ2) is 8.52. The summed E-state index contributed by atoms with van der Waals surface area (Å²) in [4.78, 5) is 10.6. The van der Waals surface area contributed by atoms with Crippen molar-refractivity contribution < 1.29 is 4.92 Å². The third kappa shape index (κ3) is 4.23. The van der Waals surface area contributed by atoms with Gasteiger partial charge in [0.25, 0.3) is 5.69 Å². The minimum Gasteiger partial charge on any atom is -0.310 e. The molecule has 31 heavy (non-hydrogen) atoms. The van der Waals surface area contributed by atoms with E-state index in [-0.39, 0.29) is 11.1 Å². The fraction of sp³-hybridized carbons (Fsp3) is 0.200. The van der Waals surface area contributed by atoms with Gasteiger partial charge in [-0.3, -0.25) is 10.1 Å². The average Bonchev–Trinajstić information content (AvgIpc) is 3.24. The maximum Gasteiger partial charge on any atom is 0.269 e. The predicted octanol–water partition coefficient (Wildman–Crippen LogP) is 5.42. The van der Waals surface area contributed by atoms with Crippen LogP contribution in [0.4, 0.5) is 5.69 Å². The Balaban J connectivity index is 1.77. The Morgan fingerprint density at radius 3 is 2.10 bits per heavy atom. The maximum atomic E-state index is 11.0. The summed E-state index contributed by atoms with van der Waals surface area (Å²) in [5.74, 6) is 1.58. The van der Waals surface area contributed by atoms with Gasteiger partial charge in [-0.2, -0.15) is 0 Å². The highest BCUT2D eigenvalue weighted by molar-refractivity contribution is 5.58. The molecule has 0 aliphatic heterocycles. The summed E-state index contributed by atoms with van der Waals surface area (Å²) in [5.41, 5.74) is 2.89. The molecule has 0 bridgehead atoms. The van der Waals surface area contributed by atoms with Gasteiger partial charge in [0.05, 0.1) is 4.92 Å². The van der Waals surface area contributed by atoms with E-state index in [1.807, 2.05) is 36.4 Å². The van der Waals surface area contributed by atoms with Crippen LogP contribution in [-0.2, 0) is 18.4 Å². The molecule has 4 rings (SSSR count). The Morgan fingerprint density at radius 2 is 1.48 bits per heavy atom. The molecule has 156 valence electrons. The number of hydrogen-bond acceptors (Lipinski definition) is 4. The molecule has 6 heteroatoms. The van der Waals surface area contributed by atoms with E-state index in [0.717, 1.165) is 23.4 Å². The second-order valence-corrected chi connectivity index (χ2v) is 8.03. The maximum absolute atomic E-state index is 11.0. The highest BCUT2D eigenvalue weighted by Crippen LogP contribution is 2.33. The van der Waals surface area contributed by atoms with Crippen LogP contribution in [0.15, 0.2) is 84.9 Å². The number of nitro benzene ring substituents is 1. The number of rotatable bonds is 7. The Labute approximate surface area is 181 Å². The van der Waals surface area contributed by atoms with E-state index >= 15 is 0 Å². The number of non-ortho nitro benzene ring substituents is 1. The van der Waals surface area contributed by atoms with Crippen molar-refractivity contribution in [1.29, 1.82) is 0 Å². The van der Waals surface area contributed by atoms with E-state index in [2.05, 4.69) is 52.9 Å². The normalized spacial score (nSPS) is 11.4. The lowest BCUT2D eigenvalue weighted by molar-refractivity contribution is -0.384. The van der Waals surface area contributed by atoms with Gasteiger partial charge in [-0.25, -0.2) is 0 Å². The third-order valence-corrected chi connectivity index (χ3v) is 5.61. The van der Waals surface area contributed by atoms with Gasteiger partial charge in [0.1, 0.15) is 5.82 Å². The molecule has 0 aliphatic rings. The molecule has 1 aromatic heterocycles. The zero-order valence-corrected chi connectivity index (χ0v) is 17.6. The lowest BCUT2D eigenvalue weighted by Gasteiger charge is -2.25. The average molecular weight is 412 g/mol. The van der Waals surface area contributed by atoms with Crippen LogP contribution < -0.4 is 0 Å². The molecular formula is C25H24N4O2. The zero-order valence-electron chi connectivity index (χ0n) is 17.6. The van der Waals surface area contributed by atoms with Gasteiger partial charge in [-0.15, -0.1) is 10.2 Å². The topological polar surface area (TPSA) is 73.8 Å². The summed E-state index contributed by atoms with van der Waals surface area (Å²) in [7, 11) is 0. The van der Waals surface area contributed by atoms with Crippen LogP contribution in [0.25, 0.3) is 11.4 Å². The summed E-state index contributed by atoms with van der Waals surface area (Å²) in [6, 6.07) is 27.0. The molecule has 0 radical (unpaired) electrons. The standard InChI is InChI=1S/C25H24N4O2/c1-25(2,21-11-7-4-8-12-21)24-27-26-23(20-13-15-22(16-14-20)29(30)31)28(24)18-17-19-9-5-3-6-10-19/h3-16H,17-18H2,1-2H3. The van der Waals surface area contributed by atoms with Gasteiger partial charge < -0.3 is 4.57 Å². The van der Waals surface area contributed by atoms with Crippen molar-refractivity contribution in [3.8, 4) is 11.4 Å². The lowest BCUT2D eigenvalue weighted by Crippen LogP contribution is -2.25. The number of nitro groups is 1. The van der Waals surface area contributed by atoms with Crippen LogP contribution in [-0.4, -0.2) is 19.7 Å². The molecule has 0 saturated heterocycles. The molecule has 0 atom stereocenters. The minimum absolute atomic E-state index is 0.0592. The predicted molar refractivity (Wildman–Crippen MR) is 121 cm³/mol. The van der Waals surface area contributed by atoms with Crippen LogP contribution in [0.5, 0.6) is 0 Å². The molecule has 0 amide bonds. The van der Waals surface area contributed by atoms with Crippen molar-refractivity contribution in [1.82, 2.24) is 14.8 Å². The second-order valence-electron chi connectivity index (χ2n) is 8.03. The first-order chi connectivity index (χ1) is 15.0. The molecule has 0 saturated carbocycles. The zero-order chi connectivity index (χ0) is 21.8.